The number of isocyanates is 1. The molecule has 0 aliphatic heterocycles. The van der Waals surface area contributed by atoms with E-state index in [0.717, 1.165) is 5.56 Å². The lowest BCUT2D eigenvalue weighted by molar-refractivity contribution is 0.0697. The normalized spacial score (nSPS) is 9.56. The summed E-state index contributed by atoms with van der Waals surface area (Å²) < 4.78 is 0. The zero-order valence-electron chi connectivity index (χ0n) is 9.33. The fourth-order valence-corrected chi connectivity index (χ4v) is 1.69. The maximum absolute atomic E-state index is 11.1. The minimum Gasteiger partial charge on any atom is -0.478 e. The lowest BCUT2D eigenvalue weighted by Gasteiger charge is -2.05. The molecule has 0 saturated carbocycles. The molecule has 1 N–H and O–H groups in total. The zero-order chi connectivity index (χ0) is 13.0. The van der Waals surface area contributed by atoms with Crippen molar-refractivity contribution in [1.82, 2.24) is 0 Å². The summed E-state index contributed by atoms with van der Waals surface area (Å²) in [7, 11) is 0. The summed E-state index contributed by atoms with van der Waals surface area (Å²) in [6, 6.07) is 13.5. The Balaban J connectivity index is 2.49. The highest BCUT2D eigenvalue weighted by Gasteiger charge is 2.10. The smallest absolute Gasteiger partial charge is 0.336 e. The predicted octanol–water partition coefficient (Wildman–Crippen LogP) is 3.02. The average molecular weight is 239 g/mol. The van der Waals surface area contributed by atoms with Crippen LogP contribution in [0.15, 0.2) is 53.5 Å². The number of carboxylic acid groups (broad SMARTS) is 1. The average Bonchev–Trinajstić information content (AvgIpc) is 2.40. The molecule has 2 aromatic carbocycles. The molecule has 2 rings (SSSR count). The van der Waals surface area contributed by atoms with Crippen molar-refractivity contribution in [3.05, 3.63) is 54.1 Å². The maximum atomic E-state index is 11.1. The molecule has 0 radical (unpaired) electrons. The fourth-order valence-electron chi connectivity index (χ4n) is 1.69. The van der Waals surface area contributed by atoms with E-state index in [1.165, 1.54) is 6.08 Å². The quantitative estimate of drug-likeness (QED) is 0.661. The third-order valence-corrected chi connectivity index (χ3v) is 2.51. The third kappa shape index (κ3) is 2.34. The Kier molecular flexibility index (Phi) is 3.32. The van der Waals surface area contributed by atoms with Gasteiger partial charge in [0, 0.05) is 0 Å². The van der Waals surface area contributed by atoms with Gasteiger partial charge >= 0.3 is 5.97 Å². The van der Waals surface area contributed by atoms with Gasteiger partial charge in [-0.3, -0.25) is 0 Å². The number of hydrogen-bond acceptors (Lipinski definition) is 3. The molecule has 88 valence electrons. The molecule has 0 aliphatic rings. The molecule has 0 bridgehead atoms. The Morgan fingerprint density at radius 3 is 2.33 bits per heavy atom. The number of carbonyl (C=O) groups is 1. The highest BCUT2D eigenvalue weighted by atomic mass is 16.4. The van der Waals surface area contributed by atoms with E-state index in [4.69, 9.17) is 5.11 Å². The Morgan fingerprint density at radius 1 is 1.06 bits per heavy atom. The highest BCUT2D eigenvalue weighted by molar-refractivity contribution is 5.96. The van der Waals surface area contributed by atoms with Crippen molar-refractivity contribution in [2.45, 2.75) is 0 Å². The van der Waals surface area contributed by atoms with Crippen LogP contribution in [0, 0.1) is 0 Å². The molecule has 0 aliphatic carbocycles. The summed E-state index contributed by atoms with van der Waals surface area (Å²) in [6.45, 7) is 0. The van der Waals surface area contributed by atoms with Crippen molar-refractivity contribution in [2.24, 2.45) is 4.99 Å². The number of benzene rings is 2. The summed E-state index contributed by atoms with van der Waals surface area (Å²) in [6.07, 6.45) is 1.45. The highest BCUT2D eigenvalue weighted by Crippen LogP contribution is 2.25. The molecule has 0 unspecified atom stereocenters. The van der Waals surface area contributed by atoms with Crippen LogP contribution in [0.1, 0.15) is 10.4 Å². The van der Waals surface area contributed by atoms with Crippen LogP contribution < -0.4 is 0 Å². The van der Waals surface area contributed by atoms with Crippen LogP contribution in [0.5, 0.6) is 0 Å². The van der Waals surface area contributed by atoms with E-state index in [1.807, 2.05) is 0 Å². The molecule has 0 heterocycles. The van der Waals surface area contributed by atoms with Crippen LogP contribution in [-0.4, -0.2) is 17.2 Å². The molecule has 4 heteroatoms. The van der Waals surface area contributed by atoms with E-state index in [9.17, 15) is 9.59 Å². The Labute approximate surface area is 103 Å². The van der Waals surface area contributed by atoms with Crippen molar-refractivity contribution in [3.8, 4) is 11.1 Å². The molecule has 0 amide bonds. The molecular weight excluding hydrogens is 230 g/mol. The third-order valence-electron chi connectivity index (χ3n) is 2.51. The first kappa shape index (κ1) is 11.8. The number of nitrogens with zero attached hydrogens (tertiary/aromatic N) is 1. The summed E-state index contributed by atoms with van der Waals surface area (Å²) in [5, 5.41) is 9.10. The summed E-state index contributed by atoms with van der Waals surface area (Å²) in [5.74, 6) is -0.972. The van der Waals surface area contributed by atoms with Crippen molar-refractivity contribution in [1.29, 1.82) is 0 Å². The Hall–Kier alpha value is -2.71. The van der Waals surface area contributed by atoms with Crippen LogP contribution in [0.25, 0.3) is 11.1 Å². The van der Waals surface area contributed by atoms with Crippen molar-refractivity contribution in [3.63, 3.8) is 0 Å². The second kappa shape index (κ2) is 5.08. The molecule has 2 aromatic rings. The van der Waals surface area contributed by atoms with E-state index in [0.29, 0.717) is 11.3 Å². The molecule has 0 atom stereocenters. The van der Waals surface area contributed by atoms with Gasteiger partial charge in [0.15, 0.2) is 0 Å². The second-order valence-corrected chi connectivity index (χ2v) is 3.60. The van der Waals surface area contributed by atoms with Gasteiger partial charge in [-0.25, -0.2) is 9.59 Å². The number of aliphatic imine (C=N–C) groups is 1. The van der Waals surface area contributed by atoms with Gasteiger partial charge < -0.3 is 5.11 Å². The molecule has 0 fully saturated rings. The topological polar surface area (TPSA) is 66.7 Å². The fraction of sp³-hybridized carbons (Fsp3) is 0. The summed E-state index contributed by atoms with van der Waals surface area (Å²) in [5.41, 5.74) is 2.12. The molecular formula is C14H9NO3. The van der Waals surface area contributed by atoms with E-state index >= 15 is 0 Å². The van der Waals surface area contributed by atoms with Gasteiger partial charge in [-0.05, 0) is 29.3 Å². The molecule has 0 aromatic heterocycles. The minimum atomic E-state index is -0.972. The SMILES string of the molecule is O=C=Nc1ccc(-c2ccccc2C(=O)O)cc1. The number of rotatable bonds is 3. The molecule has 4 nitrogen and oxygen atoms in total. The zero-order valence-corrected chi connectivity index (χ0v) is 9.33. The summed E-state index contributed by atoms with van der Waals surface area (Å²) >= 11 is 0. The largest absolute Gasteiger partial charge is 0.478 e. The minimum absolute atomic E-state index is 0.240. The van der Waals surface area contributed by atoms with Gasteiger partial charge in [0.25, 0.3) is 0 Å². The van der Waals surface area contributed by atoms with E-state index in [1.54, 1.807) is 48.5 Å². The lowest BCUT2D eigenvalue weighted by atomic mass is 10.00. The van der Waals surface area contributed by atoms with Gasteiger partial charge in [-0.2, -0.15) is 4.99 Å². The van der Waals surface area contributed by atoms with Crippen molar-refractivity contribution in [2.75, 3.05) is 0 Å². The maximum Gasteiger partial charge on any atom is 0.336 e. The van der Waals surface area contributed by atoms with Gasteiger partial charge in [0.05, 0.1) is 11.3 Å². The number of carbonyl (C=O) groups excluding carboxylic acids is 1. The lowest BCUT2D eigenvalue weighted by Crippen LogP contribution is -1.98. The van der Waals surface area contributed by atoms with Crippen LogP contribution in [-0.2, 0) is 4.79 Å². The van der Waals surface area contributed by atoms with E-state index in [2.05, 4.69) is 4.99 Å². The van der Waals surface area contributed by atoms with E-state index in [-0.39, 0.29) is 5.56 Å². The molecule has 18 heavy (non-hydrogen) atoms. The van der Waals surface area contributed by atoms with Crippen LogP contribution >= 0.6 is 0 Å². The number of carboxylic acids is 1. The second-order valence-electron chi connectivity index (χ2n) is 3.60. The number of aromatic carboxylic acids is 1. The van der Waals surface area contributed by atoms with Crippen molar-refractivity contribution >= 4 is 17.7 Å². The molecule has 0 spiro atoms. The monoisotopic (exact) mass is 239 g/mol. The van der Waals surface area contributed by atoms with Crippen LogP contribution in [0.3, 0.4) is 0 Å². The standard InChI is InChI=1S/C14H9NO3/c16-9-15-11-7-5-10(6-8-11)12-3-1-2-4-13(12)14(17)18/h1-8H,(H,17,18). The first-order chi connectivity index (χ1) is 8.72. The van der Waals surface area contributed by atoms with Gasteiger partial charge in [-0.1, -0.05) is 30.3 Å². The van der Waals surface area contributed by atoms with Gasteiger partial charge in [-0.15, -0.1) is 0 Å². The predicted molar refractivity (Wildman–Crippen MR) is 66.6 cm³/mol. The summed E-state index contributed by atoms with van der Waals surface area (Å²) in [4.78, 5) is 24.7. The molecule has 0 saturated heterocycles. The van der Waals surface area contributed by atoms with Crippen molar-refractivity contribution < 1.29 is 14.7 Å². The van der Waals surface area contributed by atoms with Crippen LogP contribution in [0.2, 0.25) is 0 Å². The number of hydrogen-bond donors (Lipinski definition) is 1. The first-order valence-corrected chi connectivity index (χ1v) is 5.23. The Morgan fingerprint density at radius 2 is 1.72 bits per heavy atom. The van der Waals surface area contributed by atoms with Gasteiger partial charge in [0.1, 0.15) is 0 Å². The van der Waals surface area contributed by atoms with E-state index < -0.39 is 5.97 Å². The Bertz CT molecular complexity index is 626. The first-order valence-electron chi connectivity index (χ1n) is 5.23. The van der Waals surface area contributed by atoms with Crippen LogP contribution in [0.4, 0.5) is 5.69 Å². The van der Waals surface area contributed by atoms with Gasteiger partial charge in [0.2, 0.25) is 6.08 Å².